The van der Waals surface area contributed by atoms with E-state index in [1.165, 1.54) is 11.3 Å². The van der Waals surface area contributed by atoms with E-state index >= 15 is 0 Å². The molecule has 2 atom stereocenters. The Bertz CT molecular complexity index is 906. The highest BCUT2D eigenvalue weighted by Crippen LogP contribution is 2.30. The van der Waals surface area contributed by atoms with E-state index in [2.05, 4.69) is 10.3 Å². The Hall–Kier alpha value is -2.61. The van der Waals surface area contributed by atoms with Gasteiger partial charge in [-0.1, -0.05) is 12.1 Å². The van der Waals surface area contributed by atoms with Crippen molar-refractivity contribution >= 4 is 34.2 Å². The number of carboxylic acids is 1. The van der Waals surface area contributed by atoms with Crippen LogP contribution in [-0.4, -0.2) is 45.7 Å². The number of hydrogen-bond donors (Lipinski definition) is 2. The second-order valence-electron chi connectivity index (χ2n) is 8.74. The molecular formula is C22H29N3O4S. The van der Waals surface area contributed by atoms with Gasteiger partial charge in [-0.2, -0.15) is 0 Å². The number of nitrogens with zero attached hydrogens (tertiary/aromatic N) is 2. The first-order valence-electron chi connectivity index (χ1n) is 10.1. The Balaban J connectivity index is 1.65. The minimum absolute atomic E-state index is 0.103. The molecule has 1 fully saturated rings. The Morgan fingerprint density at radius 1 is 1.40 bits per heavy atom. The molecule has 2 aromatic rings. The Morgan fingerprint density at radius 2 is 2.17 bits per heavy atom. The summed E-state index contributed by atoms with van der Waals surface area (Å²) in [5.74, 6) is -1.50. The van der Waals surface area contributed by atoms with Crippen LogP contribution in [0, 0.1) is 18.8 Å². The molecule has 8 heteroatoms. The number of nitrogens with one attached hydrogen (secondary N) is 1. The van der Waals surface area contributed by atoms with Gasteiger partial charge in [-0.3, -0.25) is 4.79 Å². The highest BCUT2D eigenvalue weighted by molar-refractivity contribution is 7.13. The van der Waals surface area contributed by atoms with Crippen LogP contribution in [0.3, 0.4) is 0 Å². The van der Waals surface area contributed by atoms with Crippen LogP contribution in [0.25, 0.3) is 0 Å². The number of rotatable bonds is 6. The average molecular weight is 432 g/mol. The number of thiazole rings is 1. The molecule has 2 N–H and O–H groups in total. The monoisotopic (exact) mass is 431 g/mol. The summed E-state index contributed by atoms with van der Waals surface area (Å²) in [7, 11) is 0. The molecule has 2 heterocycles. The lowest BCUT2D eigenvalue weighted by Gasteiger charge is -2.25. The maximum atomic E-state index is 12.3. The average Bonchev–Trinajstić information content (AvgIpc) is 3.28. The number of aromatic nitrogens is 1. The van der Waals surface area contributed by atoms with Crippen molar-refractivity contribution < 1.29 is 19.4 Å². The first-order chi connectivity index (χ1) is 14.1. The number of hydrogen-bond acceptors (Lipinski definition) is 6. The number of benzene rings is 1. The first kappa shape index (κ1) is 22.1. The van der Waals surface area contributed by atoms with E-state index in [1.807, 2.05) is 57.3 Å². The van der Waals surface area contributed by atoms with E-state index in [-0.39, 0.29) is 12.0 Å². The topological polar surface area (TPSA) is 91.8 Å². The molecule has 1 saturated heterocycles. The number of carbonyl (C=O) groups excluding carboxylic acids is 1. The molecular weight excluding hydrogens is 402 g/mol. The minimum Gasteiger partial charge on any atom is -0.481 e. The zero-order valence-corrected chi connectivity index (χ0v) is 18.7. The third-order valence-corrected chi connectivity index (χ3v) is 5.89. The Labute approximate surface area is 181 Å². The molecule has 0 unspecified atom stereocenters. The highest BCUT2D eigenvalue weighted by Gasteiger charge is 2.37. The lowest BCUT2D eigenvalue weighted by molar-refractivity contribution is -0.143. The lowest BCUT2D eigenvalue weighted by atomic mass is 9.86. The molecule has 30 heavy (non-hydrogen) atoms. The number of aryl methyl sites for hydroxylation is 1. The molecule has 1 aliphatic rings. The summed E-state index contributed by atoms with van der Waals surface area (Å²) in [6, 6.07) is 7.76. The van der Waals surface area contributed by atoms with E-state index in [0.29, 0.717) is 25.9 Å². The summed E-state index contributed by atoms with van der Waals surface area (Å²) in [5, 5.41) is 15.9. The van der Waals surface area contributed by atoms with Crippen molar-refractivity contribution in [2.75, 3.05) is 18.4 Å². The number of anilines is 2. The van der Waals surface area contributed by atoms with Crippen LogP contribution in [0.15, 0.2) is 29.6 Å². The predicted molar refractivity (Wildman–Crippen MR) is 117 cm³/mol. The largest absolute Gasteiger partial charge is 0.481 e. The Morgan fingerprint density at radius 3 is 2.80 bits per heavy atom. The van der Waals surface area contributed by atoms with Crippen molar-refractivity contribution in [2.24, 2.45) is 11.8 Å². The van der Waals surface area contributed by atoms with Gasteiger partial charge < -0.3 is 20.1 Å². The van der Waals surface area contributed by atoms with E-state index in [0.717, 1.165) is 22.1 Å². The van der Waals surface area contributed by atoms with Gasteiger partial charge >= 0.3 is 12.1 Å². The summed E-state index contributed by atoms with van der Waals surface area (Å²) < 4.78 is 5.43. The predicted octanol–water partition coefficient (Wildman–Crippen LogP) is 4.70. The molecule has 3 rings (SSSR count). The molecule has 1 amide bonds. The van der Waals surface area contributed by atoms with E-state index < -0.39 is 17.5 Å². The van der Waals surface area contributed by atoms with Gasteiger partial charge in [0.2, 0.25) is 0 Å². The van der Waals surface area contributed by atoms with Gasteiger partial charge in [0.25, 0.3) is 0 Å². The van der Waals surface area contributed by atoms with Crippen LogP contribution >= 0.6 is 11.3 Å². The maximum Gasteiger partial charge on any atom is 0.410 e. The zero-order valence-electron chi connectivity index (χ0n) is 17.8. The molecule has 162 valence electrons. The van der Waals surface area contributed by atoms with Crippen LogP contribution in [0.2, 0.25) is 0 Å². The zero-order chi connectivity index (χ0) is 21.9. The standard InChI is InChI=1S/C22H29N3O4S/c1-14-13-30-20(23-14)24-17-7-5-6-15(10-17)11-18(19(26)27)16-8-9-25(12-16)21(28)29-22(2,3)4/h5-7,10,13,16,18H,8-9,11-12H2,1-4H3,(H,23,24)(H,26,27)/t16-,18-/m0/s1. The molecule has 1 aromatic heterocycles. The fraction of sp³-hybridized carbons (Fsp3) is 0.500. The fourth-order valence-electron chi connectivity index (χ4n) is 3.63. The summed E-state index contributed by atoms with van der Waals surface area (Å²) in [4.78, 5) is 30.4. The van der Waals surface area contributed by atoms with Gasteiger partial charge in [-0.25, -0.2) is 9.78 Å². The number of amides is 1. The van der Waals surface area contributed by atoms with Gasteiger partial charge in [-0.15, -0.1) is 11.3 Å². The lowest BCUT2D eigenvalue weighted by Crippen LogP contribution is -2.36. The number of ether oxygens (including phenoxy) is 1. The molecule has 1 aliphatic heterocycles. The van der Waals surface area contributed by atoms with Gasteiger partial charge in [0.15, 0.2) is 5.13 Å². The molecule has 0 aliphatic carbocycles. The number of carbonyl (C=O) groups is 2. The van der Waals surface area contributed by atoms with Gasteiger partial charge in [0.05, 0.1) is 11.6 Å². The minimum atomic E-state index is -0.833. The van der Waals surface area contributed by atoms with Crippen LogP contribution in [-0.2, 0) is 16.0 Å². The molecule has 0 saturated carbocycles. The fourth-order valence-corrected chi connectivity index (χ4v) is 4.34. The van der Waals surface area contributed by atoms with Crippen LogP contribution in [0.1, 0.15) is 38.4 Å². The van der Waals surface area contributed by atoms with Crippen molar-refractivity contribution in [3.63, 3.8) is 0 Å². The third-order valence-electron chi connectivity index (χ3n) is 5.02. The van der Waals surface area contributed by atoms with Crippen molar-refractivity contribution in [3.8, 4) is 0 Å². The summed E-state index contributed by atoms with van der Waals surface area (Å²) in [5.41, 5.74) is 2.22. The SMILES string of the molecule is Cc1csc(Nc2cccc(C[C@H](C(=O)O)[C@H]3CCN(C(=O)OC(C)(C)C)C3)c2)n1. The van der Waals surface area contributed by atoms with Crippen molar-refractivity contribution in [2.45, 2.75) is 46.1 Å². The van der Waals surface area contributed by atoms with E-state index in [9.17, 15) is 14.7 Å². The molecule has 1 aromatic carbocycles. The summed E-state index contributed by atoms with van der Waals surface area (Å²) in [6.07, 6.45) is 0.695. The normalized spacial score (nSPS) is 17.6. The number of aliphatic carboxylic acids is 1. The maximum absolute atomic E-state index is 12.3. The molecule has 0 radical (unpaired) electrons. The van der Waals surface area contributed by atoms with Gasteiger partial charge in [0, 0.05) is 24.2 Å². The van der Waals surface area contributed by atoms with E-state index in [4.69, 9.17) is 4.74 Å². The Kier molecular flexibility index (Phi) is 6.65. The van der Waals surface area contributed by atoms with Crippen LogP contribution in [0.5, 0.6) is 0 Å². The van der Waals surface area contributed by atoms with Crippen molar-refractivity contribution in [3.05, 3.63) is 40.9 Å². The number of likely N-dealkylation sites (tertiary alicyclic amines) is 1. The van der Waals surface area contributed by atoms with Gasteiger partial charge in [-0.05, 0) is 64.2 Å². The molecule has 0 bridgehead atoms. The second kappa shape index (κ2) is 9.04. The molecule has 0 spiro atoms. The quantitative estimate of drug-likeness (QED) is 0.689. The van der Waals surface area contributed by atoms with Gasteiger partial charge in [0.1, 0.15) is 5.60 Å². The van der Waals surface area contributed by atoms with Crippen LogP contribution < -0.4 is 5.32 Å². The highest BCUT2D eigenvalue weighted by atomic mass is 32.1. The van der Waals surface area contributed by atoms with Crippen molar-refractivity contribution in [1.82, 2.24) is 9.88 Å². The summed E-state index contributed by atoms with van der Waals surface area (Å²) in [6.45, 7) is 8.35. The third kappa shape index (κ3) is 5.95. The van der Waals surface area contributed by atoms with Crippen molar-refractivity contribution in [1.29, 1.82) is 0 Å². The summed E-state index contributed by atoms with van der Waals surface area (Å²) >= 11 is 1.53. The molecule has 7 nitrogen and oxygen atoms in total. The number of carboxylic acid groups (broad SMARTS) is 1. The van der Waals surface area contributed by atoms with E-state index in [1.54, 1.807) is 4.90 Å². The smallest absolute Gasteiger partial charge is 0.410 e. The first-order valence-corrected chi connectivity index (χ1v) is 11.0. The van der Waals surface area contributed by atoms with Crippen LogP contribution in [0.4, 0.5) is 15.6 Å². The second-order valence-corrected chi connectivity index (χ2v) is 9.60.